The van der Waals surface area contributed by atoms with Crippen molar-refractivity contribution < 1.29 is 9.47 Å². The smallest absolute Gasteiger partial charge is 0.350 e. The lowest BCUT2D eigenvalue weighted by atomic mass is 9.83. The largest absolute Gasteiger partial charge is 0.493 e. The molecule has 0 aliphatic carbocycles. The highest BCUT2D eigenvalue weighted by Gasteiger charge is 2.39. The maximum absolute atomic E-state index is 12.8. The van der Waals surface area contributed by atoms with Crippen LogP contribution in [0.25, 0.3) is 5.69 Å². The Labute approximate surface area is 291 Å². The lowest BCUT2D eigenvalue weighted by Gasteiger charge is -2.40. The van der Waals surface area contributed by atoms with Crippen LogP contribution in [0.3, 0.4) is 0 Å². The fourth-order valence-electron chi connectivity index (χ4n) is 6.75. The summed E-state index contributed by atoms with van der Waals surface area (Å²) in [5.41, 5.74) is 3.59. The van der Waals surface area contributed by atoms with E-state index in [-0.39, 0.29) is 17.6 Å². The quantitative estimate of drug-likeness (QED) is 0.168. The molecule has 5 aromatic rings. The molecule has 3 unspecified atom stereocenters. The van der Waals surface area contributed by atoms with Gasteiger partial charge in [-0.2, -0.15) is 20.1 Å². The Hall–Kier alpha value is -4.61. The first-order valence-corrected chi connectivity index (χ1v) is 17.5. The van der Waals surface area contributed by atoms with Crippen LogP contribution >= 0.6 is 11.6 Å². The van der Waals surface area contributed by atoms with E-state index in [1.54, 1.807) is 32.8 Å². The number of nitrogens with zero attached hydrogens (tertiary/aromatic N) is 8. The molecule has 3 aromatic carbocycles. The maximum Gasteiger partial charge on any atom is 0.350 e. The lowest BCUT2D eigenvalue weighted by molar-refractivity contribution is -0.125. The van der Waals surface area contributed by atoms with Crippen molar-refractivity contribution in [1.82, 2.24) is 29.3 Å². The van der Waals surface area contributed by atoms with Crippen LogP contribution in [0.1, 0.15) is 44.7 Å². The SMILES string of the molecule is CCC(C)n1ncn(-c2ccc(N3CCN(c4ccc(OCC5CCC(Cn6nccn6)(c6cccc(Cl)c6)OC5)cc4)CC3)cc2)c1=O. The molecule has 7 rings (SSSR count). The van der Waals surface area contributed by atoms with Gasteiger partial charge in [-0.1, -0.05) is 30.7 Å². The summed E-state index contributed by atoms with van der Waals surface area (Å²) < 4.78 is 16.0. The first kappa shape index (κ1) is 32.9. The van der Waals surface area contributed by atoms with Gasteiger partial charge in [0.15, 0.2) is 0 Å². The van der Waals surface area contributed by atoms with Gasteiger partial charge in [-0.25, -0.2) is 14.0 Å². The van der Waals surface area contributed by atoms with Gasteiger partial charge in [0.2, 0.25) is 0 Å². The molecule has 2 aliphatic rings. The highest BCUT2D eigenvalue weighted by Crippen LogP contribution is 2.39. The first-order chi connectivity index (χ1) is 23.9. The number of anilines is 2. The van der Waals surface area contributed by atoms with Gasteiger partial charge in [-0.3, -0.25) is 0 Å². The van der Waals surface area contributed by atoms with Crippen molar-refractivity contribution >= 4 is 23.0 Å². The zero-order chi connectivity index (χ0) is 33.8. The van der Waals surface area contributed by atoms with E-state index in [1.165, 1.54) is 5.69 Å². The van der Waals surface area contributed by atoms with Gasteiger partial charge >= 0.3 is 5.69 Å². The maximum atomic E-state index is 12.8. The molecule has 0 spiro atoms. The third-order valence-corrected chi connectivity index (χ3v) is 10.2. The van der Waals surface area contributed by atoms with Crippen molar-refractivity contribution in [3.63, 3.8) is 0 Å². The van der Waals surface area contributed by atoms with Crippen LogP contribution in [0, 0.1) is 5.92 Å². The van der Waals surface area contributed by atoms with Crippen molar-refractivity contribution in [2.45, 2.75) is 51.3 Å². The Morgan fingerprint density at radius 1 is 0.918 bits per heavy atom. The third kappa shape index (κ3) is 7.23. The number of piperazine rings is 1. The summed E-state index contributed by atoms with van der Waals surface area (Å²) in [7, 11) is 0. The molecule has 2 fully saturated rings. The third-order valence-electron chi connectivity index (χ3n) is 9.93. The molecule has 11 nitrogen and oxygen atoms in total. The molecule has 12 heteroatoms. The molecule has 2 aromatic heterocycles. The van der Waals surface area contributed by atoms with Gasteiger partial charge in [0, 0.05) is 48.5 Å². The van der Waals surface area contributed by atoms with E-state index in [9.17, 15) is 4.79 Å². The highest BCUT2D eigenvalue weighted by molar-refractivity contribution is 6.30. The van der Waals surface area contributed by atoms with Crippen molar-refractivity contribution in [1.29, 1.82) is 0 Å². The van der Waals surface area contributed by atoms with Crippen LogP contribution in [-0.2, 0) is 16.9 Å². The van der Waals surface area contributed by atoms with Gasteiger partial charge < -0.3 is 19.3 Å². The minimum absolute atomic E-state index is 0.0744. The molecule has 2 aliphatic heterocycles. The van der Waals surface area contributed by atoms with E-state index in [4.69, 9.17) is 21.1 Å². The Bertz CT molecular complexity index is 1860. The fourth-order valence-corrected chi connectivity index (χ4v) is 6.94. The summed E-state index contributed by atoms with van der Waals surface area (Å²) in [4.78, 5) is 19.3. The molecule has 256 valence electrons. The van der Waals surface area contributed by atoms with Crippen LogP contribution in [0.15, 0.2) is 96.3 Å². The van der Waals surface area contributed by atoms with Gasteiger partial charge in [0.05, 0.1) is 43.9 Å². The molecule has 0 radical (unpaired) electrons. The standard InChI is InChI=1S/C37H43ClN8O3/c1-3-28(2)46-36(47)44(27-41-46)34-9-7-32(8-10-34)42-19-21-43(22-20-42)33-11-13-35(14-12-33)48-24-29-15-16-37(49-25-29,26-45-39-17-18-40-45)30-5-4-6-31(38)23-30/h4-14,17-18,23,27-29H,3,15-16,19-22,24-26H2,1-2H3. The minimum Gasteiger partial charge on any atom is -0.493 e. The van der Waals surface area contributed by atoms with Gasteiger partial charge in [-0.15, -0.1) is 0 Å². The van der Waals surface area contributed by atoms with E-state index in [1.807, 2.05) is 37.3 Å². The van der Waals surface area contributed by atoms with Crippen molar-refractivity contribution in [2.24, 2.45) is 5.92 Å². The van der Waals surface area contributed by atoms with Crippen molar-refractivity contribution in [3.8, 4) is 11.4 Å². The van der Waals surface area contributed by atoms with Crippen LogP contribution in [0.2, 0.25) is 5.02 Å². The van der Waals surface area contributed by atoms with E-state index in [0.29, 0.717) is 24.8 Å². The number of hydrogen-bond donors (Lipinski definition) is 0. The molecule has 2 saturated heterocycles. The van der Waals surface area contributed by atoms with Crippen molar-refractivity contribution in [2.75, 3.05) is 49.2 Å². The summed E-state index contributed by atoms with van der Waals surface area (Å²) in [6.45, 7) is 9.45. The molecular formula is C37H43ClN8O3. The minimum atomic E-state index is -0.533. The number of rotatable bonds is 11. The topological polar surface area (TPSA) is 95.5 Å². The summed E-state index contributed by atoms with van der Waals surface area (Å²) in [6, 6.07) is 24.6. The molecule has 49 heavy (non-hydrogen) atoms. The average molecular weight is 683 g/mol. The molecule has 0 saturated carbocycles. The predicted octanol–water partition coefficient (Wildman–Crippen LogP) is 5.98. The van der Waals surface area contributed by atoms with Crippen LogP contribution in [0.4, 0.5) is 11.4 Å². The number of benzene rings is 3. The summed E-state index contributed by atoms with van der Waals surface area (Å²) >= 11 is 6.35. The van der Waals surface area contributed by atoms with Crippen molar-refractivity contribution in [3.05, 3.63) is 113 Å². The first-order valence-electron chi connectivity index (χ1n) is 17.1. The van der Waals surface area contributed by atoms with Gasteiger partial charge in [0.1, 0.15) is 17.7 Å². The molecular weight excluding hydrogens is 640 g/mol. The van der Waals surface area contributed by atoms with E-state index >= 15 is 0 Å². The molecule has 3 atom stereocenters. The second-order valence-electron chi connectivity index (χ2n) is 13.1. The molecule has 0 amide bonds. The number of aromatic nitrogens is 6. The van der Waals surface area contributed by atoms with Crippen LogP contribution < -0.4 is 20.2 Å². The Morgan fingerprint density at radius 3 is 2.18 bits per heavy atom. The van der Waals surface area contributed by atoms with Gasteiger partial charge in [-0.05, 0) is 92.4 Å². The monoisotopic (exact) mass is 682 g/mol. The summed E-state index contributed by atoms with van der Waals surface area (Å²) in [6.07, 6.45) is 7.63. The Balaban J connectivity index is 0.896. The summed E-state index contributed by atoms with van der Waals surface area (Å²) in [5.74, 6) is 1.15. The molecule has 4 heterocycles. The Kier molecular flexibility index (Phi) is 9.72. The number of hydrogen-bond acceptors (Lipinski definition) is 8. The van der Waals surface area contributed by atoms with E-state index in [0.717, 1.165) is 68.1 Å². The highest BCUT2D eigenvalue weighted by atomic mass is 35.5. The zero-order valence-corrected chi connectivity index (χ0v) is 28.8. The van der Waals surface area contributed by atoms with Gasteiger partial charge in [0.25, 0.3) is 0 Å². The fraction of sp³-hybridized carbons (Fsp3) is 0.405. The molecule has 0 N–H and O–H groups in total. The second kappa shape index (κ2) is 14.5. The number of ether oxygens (including phenoxy) is 2. The summed E-state index contributed by atoms with van der Waals surface area (Å²) in [5, 5.41) is 13.7. The normalized spacial score (nSPS) is 20.3. The number of halogens is 1. The second-order valence-corrected chi connectivity index (χ2v) is 13.5. The Morgan fingerprint density at radius 2 is 1.57 bits per heavy atom. The average Bonchev–Trinajstić information content (AvgIpc) is 3.81. The van der Waals surface area contributed by atoms with E-state index < -0.39 is 5.60 Å². The van der Waals surface area contributed by atoms with E-state index in [2.05, 4.69) is 74.5 Å². The predicted molar refractivity (Wildman–Crippen MR) is 191 cm³/mol. The lowest BCUT2D eigenvalue weighted by Crippen LogP contribution is -2.46. The zero-order valence-electron chi connectivity index (χ0n) is 28.1. The van der Waals surface area contributed by atoms with Crippen LogP contribution in [0.5, 0.6) is 5.75 Å². The molecule has 0 bridgehead atoms. The van der Waals surface area contributed by atoms with Crippen LogP contribution in [-0.4, -0.2) is 68.7 Å².